The molecule has 33 heavy (non-hydrogen) atoms. The molecule has 2 amide bonds. The quantitative estimate of drug-likeness (QED) is 0.384. The molecule has 2 N–H and O–H groups in total. The summed E-state index contributed by atoms with van der Waals surface area (Å²) in [5, 5.41) is 16.2. The maximum Gasteiger partial charge on any atom is 0.269 e. The fourth-order valence-electron chi connectivity index (χ4n) is 2.97. The number of ether oxygens (including phenoxy) is 1. The molecule has 170 valence electrons. The van der Waals surface area contributed by atoms with Gasteiger partial charge in [-0.25, -0.2) is 0 Å². The van der Waals surface area contributed by atoms with Gasteiger partial charge in [0.15, 0.2) is 6.61 Å². The van der Waals surface area contributed by atoms with E-state index in [9.17, 15) is 19.7 Å². The van der Waals surface area contributed by atoms with Crippen LogP contribution in [0.4, 0.5) is 17.1 Å². The largest absolute Gasteiger partial charge is 0.484 e. The Bertz CT molecular complexity index is 1130. The van der Waals surface area contributed by atoms with Gasteiger partial charge < -0.3 is 15.4 Å². The number of nitrogens with one attached hydrogen (secondary N) is 2. The van der Waals surface area contributed by atoms with Crippen LogP contribution in [0.1, 0.15) is 36.7 Å². The van der Waals surface area contributed by atoms with E-state index >= 15 is 0 Å². The lowest BCUT2D eigenvalue weighted by atomic mass is 9.87. The summed E-state index contributed by atoms with van der Waals surface area (Å²) in [6, 6.07) is 19.7. The summed E-state index contributed by atoms with van der Waals surface area (Å²) in [7, 11) is 0. The van der Waals surface area contributed by atoms with E-state index in [2.05, 4.69) is 31.4 Å². The molecule has 0 fully saturated rings. The van der Waals surface area contributed by atoms with Gasteiger partial charge in [-0.1, -0.05) is 32.9 Å². The number of benzene rings is 3. The minimum Gasteiger partial charge on any atom is -0.484 e. The average molecular weight is 447 g/mol. The number of anilines is 2. The van der Waals surface area contributed by atoms with E-state index in [1.165, 1.54) is 24.3 Å². The van der Waals surface area contributed by atoms with Crippen LogP contribution >= 0.6 is 0 Å². The highest BCUT2D eigenvalue weighted by Crippen LogP contribution is 2.23. The Labute approximate surface area is 191 Å². The lowest BCUT2D eigenvalue weighted by Crippen LogP contribution is -2.20. The van der Waals surface area contributed by atoms with Crippen molar-refractivity contribution in [3.05, 3.63) is 94.0 Å². The molecule has 0 aromatic heterocycles. The second-order valence-electron chi connectivity index (χ2n) is 8.45. The fraction of sp³-hybridized carbons (Fsp3) is 0.200. The summed E-state index contributed by atoms with van der Waals surface area (Å²) in [5.41, 5.74) is 2.81. The first-order valence-electron chi connectivity index (χ1n) is 10.3. The molecule has 0 atom stereocenters. The van der Waals surface area contributed by atoms with Gasteiger partial charge in [0.25, 0.3) is 17.5 Å². The Morgan fingerprint density at radius 3 is 1.91 bits per heavy atom. The molecule has 3 rings (SSSR count). The number of hydrogen-bond donors (Lipinski definition) is 2. The molecule has 0 spiro atoms. The molecule has 0 saturated heterocycles. The first-order chi connectivity index (χ1) is 15.6. The van der Waals surface area contributed by atoms with E-state index in [4.69, 9.17) is 4.74 Å². The van der Waals surface area contributed by atoms with E-state index in [-0.39, 0.29) is 29.5 Å². The Kier molecular flexibility index (Phi) is 7.07. The minimum absolute atomic E-state index is 0.0160. The second-order valence-corrected chi connectivity index (χ2v) is 8.45. The molecule has 8 heteroatoms. The zero-order chi connectivity index (χ0) is 24.0. The number of non-ortho nitro benzene ring substituents is 1. The van der Waals surface area contributed by atoms with Crippen LogP contribution in [0, 0.1) is 10.1 Å². The topological polar surface area (TPSA) is 111 Å². The smallest absolute Gasteiger partial charge is 0.269 e. The molecule has 0 heterocycles. The first-order valence-corrected chi connectivity index (χ1v) is 10.3. The summed E-state index contributed by atoms with van der Waals surface area (Å²) < 4.78 is 5.34. The Morgan fingerprint density at radius 1 is 0.848 bits per heavy atom. The number of rotatable bonds is 7. The van der Waals surface area contributed by atoms with Crippen molar-refractivity contribution in [2.75, 3.05) is 17.2 Å². The van der Waals surface area contributed by atoms with Gasteiger partial charge in [-0.05, 0) is 59.5 Å². The van der Waals surface area contributed by atoms with Crippen LogP contribution in [0.5, 0.6) is 5.75 Å². The fourth-order valence-corrected chi connectivity index (χ4v) is 2.97. The highest BCUT2D eigenvalue weighted by atomic mass is 16.6. The van der Waals surface area contributed by atoms with Gasteiger partial charge in [-0.15, -0.1) is 0 Å². The first kappa shape index (κ1) is 23.5. The molecule has 0 saturated carbocycles. The molecule has 0 aliphatic carbocycles. The molecule has 8 nitrogen and oxygen atoms in total. The Hall–Kier alpha value is -4.20. The molecular formula is C25H25N3O5. The van der Waals surface area contributed by atoms with Gasteiger partial charge in [-0.3, -0.25) is 19.7 Å². The monoisotopic (exact) mass is 447 g/mol. The minimum atomic E-state index is -0.509. The third-order valence-corrected chi connectivity index (χ3v) is 4.86. The summed E-state index contributed by atoms with van der Waals surface area (Å²) in [6.07, 6.45) is 0. The van der Waals surface area contributed by atoms with E-state index in [1.807, 2.05) is 12.1 Å². The molecule has 0 aliphatic rings. The number of hydrogen-bond acceptors (Lipinski definition) is 5. The van der Waals surface area contributed by atoms with Crippen molar-refractivity contribution in [1.82, 2.24) is 0 Å². The molecule has 0 aliphatic heterocycles. The predicted molar refractivity (Wildman–Crippen MR) is 127 cm³/mol. The van der Waals surface area contributed by atoms with E-state index in [0.29, 0.717) is 22.7 Å². The van der Waals surface area contributed by atoms with Gasteiger partial charge in [-0.2, -0.15) is 0 Å². The van der Waals surface area contributed by atoms with Crippen molar-refractivity contribution < 1.29 is 19.2 Å². The van der Waals surface area contributed by atoms with Crippen molar-refractivity contribution in [3.8, 4) is 5.75 Å². The van der Waals surface area contributed by atoms with Crippen molar-refractivity contribution >= 4 is 28.9 Å². The standard InChI is InChI=1S/C25H25N3O5/c1-25(2,3)18-6-4-17(5-7-18)24(30)27-20-10-8-19(9-11-20)26-23(29)16-33-22-14-12-21(13-15-22)28(31)32/h4-15H,16H2,1-3H3,(H,26,29)(H,27,30). The zero-order valence-electron chi connectivity index (χ0n) is 18.6. The van der Waals surface area contributed by atoms with Crippen LogP contribution in [0.2, 0.25) is 0 Å². The van der Waals surface area contributed by atoms with Crippen LogP contribution < -0.4 is 15.4 Å². The van der Waals surface area contributed by atoms with Crippen molar-refractivity contribution in [2.45, 2.75) is 26.2 Å². The summed E-state index contributed by atoms with van der Waals surface area (Å²) in [6.45, 7) is 6.10. The molecule has 0 unspecified atom stereocenters. The molecule has 3 aromatic rings. The van der Waals surface area contributed by atoms with Crippen molar-refractivity contribution in [3.63, 3.8) is 0 Å². The summed E-state index contributed by atoms with van der Waals surface area (Å²) in [5.74, 6) is -0.253. The molecule has 3 aromatic carbocycles. The maximum absolute atomic E-state index is 12.5. The van der Waals surface area contributed by atoms with Crippen LogP contribution in [-0.2, 0) is 10.2 Å². The van der Waals surface area contributed by atoms with Crippen molar-refractivity contribution in [2.24, 2.45) is 0 Å². The van der Waals surface area contributed by atoms with E-state index in [1.54, 1.807) is 36.4 Å². The van der Waals surface area contributed by atoms with Gasteiger partial charge in [0.1, 0.15) is 5.75 Å². The summed E-state index contributed by atoms with van der Waals surface area (Å²) >= 11 is 0. The summed E-state index contributed by atoms with van der Waals surface area (Å²) in [4.78, 5) is 34.7. The lowest BCUT2D eigenvalue weighted by molar-refractivity contribution is -0.384. The van der Waals surface area contributed by atoms with E-state index < -0.39 is 4.92 Å². The third-order valence-electron chi connectivity index (χ3n) is 4.86. The molecular weight excluding hydrogens is 422 g/mol. The van der Waals surface area contributed by atoms with Gasteiger partial charge in [0.05, 0.1) is 4.92 Å². The SMILES string of the molecule is CC(C)(C)c1ccc(C(=O)Nc2ccc(NC(=O)COc3ccc([N+](=O)[O-])cc3)cc2)cc1. The number of nitro benzene ring substituents is 1. The lowest BCUT2D eigenvalue weighted by Gasteiger charge is -2.19. The van der Waals surface area contributed by atoms with Crippen LogP contribution in [0.15, 0.2) is 72.8 Å². The molecule has 0 bridgehead atoms. The Morgan fingerprint density at radius 2 is 1.39 bits per heavy atom. The number of nitrogens with zero attached hydrogens (tertiary/aromatic N) is 1. The van der Waals surface area contributed by atoms with Gasteiger partial charge in [0.2, 0.25) is 0 Å². The number of amides is 2. The van der Waals surface area contributed by atoms with Gasteiger partial charge >= 0.3 is 0 Å². The highest BCUT2D eigenvalue weighted by Gasteiger charge is 2.14. The van der Waals surface area contributed by atoms with Crippen LogP contribution in [0.25, 0.3) is 0 Å². The predicted octanol–water partition coefficient (Wildman–Crippen LogP) is 5.16. The number of carbonyl (C=O) groups excluding carboxylic acids is 2. The number of carbonyl (C=O) groups is 2. The highest BCUT2D eigenvalue weighted by molar-refractivity contribution is 6.04. The van der Waals surface area contributed by atoms with Crippen LogP contribution in [0.3, 0.4) is 0 Å². The maximum atomic E-state index is 12.5. The zero-order valence-corrected chi connectivity index (χ0v) is 18.6. The average Bonchev–Trinajstić information content (AvgIpc) is 2.79. The molecule has 0 radical (unpaired) electrons. The van der Waals surface area contributed by atoms with Crippen molar-refractivity contribution in [1.29, 1.82) is 0 Å². The number of nitro groups is 1. The normalized spacial score (nSPS) is 10.9. The van der Waals surface area contributed by atoms with Crippen LogP contribution in [-0.4, -0.2) is 23.3 Å². The second kappa shape index (κ2) is 9.95. The van der Waals surface area contributed by atoms with Gasteiger partial charge in [0, 0.05) is 29.1 Å². The third kappa shape index (κ3) is 6.64. The van der Waals surface area contributed by atoms with E-state index in [0.717, 1.165) is 5.56 Å². The Balaban J connectivity index is 1.50.